The van der Waals surface area contributed by atoms with Crippen LogP contribution in [0.25, 0.3) is 0 Å². The monoisotopic (exact) mass is 457 g/mol. The van der Waals surface area contributed by atoms with E-state index in [0.29, 0.717) is 13.1 Å². The van der Waals surface area contributed by atoms with E-state index < -0.39 is 0 Å². The molecule has 5 nitrogen and oxygen atoms in total. The van der Waals surface area contributed by atoms with Gasteiger partial charge in [-0.1, -0.05) is 36.4 Å². The molecular formula is C28H28FN3O2. The number of ether oxygens (including phenoxy) is 1. The zero-order valence-electron chi connectivity index (χ0n) is 19.0. The molecule has 3 heterocycles. The zero-order valence-corrected chi connectivity index (χ0v) is 19.0. The van der Waals surface area contributed by atoms with Crippen molar-refractivity contribution in [2.24, 2.45) is 0 Å². The maximum Gasteiger partial charge on any atom is 0.253 e. The molecule has 1 amide bonds. The number of rotatable bonds is 3. The molecule has 6 rings (SSSR count). The predicted octanol–water partition coefficient (Wildman–Crippen LogP) is 4.95. The van der Waals surface area contributed by atoms with Gasteiger partial charge in [-0.3, -0.25) is 9.69 Å². The summed E-state index contributed by atoms with van der Waals surface area (Å²) in [4.78, 5) is 17.1. The Morgan fingerprint density at radius 2 is 1.65 bits per heavy atom. The van der Waals surface area contributed by atoms with Gasteiger partial charge in [-0.2, -0.15) is 0 Å². The van der Waals surface area contributed by atoms with Crippen LogP contribution < -0.4 is 5.32 Å². The molecule has 1 N–H and O–H groups in total. The molecule has 0 saturated carbocycles. The van der Waals surface area contributed by atoms with Gasteiger partial charge in [0.1, 0.15) is 5.82 Å². The zero-order chi connectivity index (χ0) is 23.1. The number of carbonyl (C=O) groups excluding carboxylic acids is 1. The van der Waals surface area contributed by atoms with E-state index in [-0.39, 0.29) is 29.9 Å². The number of hydrogen-bond acceptors (Lipinski definition) is 4. The first kappa shape index (κ1) is 21.3. The maximum atomic E-state index is 14.2. The van der Waals surface area contributed by atoms with E-state index in [1.165, 1.54) is 11.6 Å². The van der Waals surface area contributed by atoms with Gasteiger partial charge in [-0.25, -0.2) is 4.39 Å². The van der Waals surface area contributed by atoms with Crippen molar-refractivity contribution in [3.8, 4) is 0 Å². The molecule has 0 aliphatic carbocycles. The maximum absolute atomic E-state index is 14.2. The molecule has 0 spiro atoms. The van der Waals surface area contributed by atoms with Gasteiger partial charge in [0, 0.05) is 61.1 Å². The van der Waals surface area contributed by atoms with Crippen LogP contribution in [0, 0.1) is 5.82 Å². The molecule has 3 aliphatic rings. The lowest BCUT2D eigenvalue weighted by Gasteiger charge is -2.36. The summed E-state index contributed by atoms with van der Waals surface area (Å²) < 4.78 is 20.8. The van der Waals surface area contributed by atoms with E-state index in [1.54, 1.807) is 6.07 Å². The number of carbonyl (C=O) groups is 1. The number of piperazine rings is 1. The smallest absolute Gasteiger partial charge is 0.253 e. The number of amides is 1. The van der Waals surface area contributed by atoms with E-state index in [4.69, 9.17) is 4.74 Å². The van der Waals surface area contributed by atoms with E-state index in [2.05, 4.69) is 28.4 Å². The summed E-state index contributed by atoms with van der Waals surface area (Å²) in [5, 5.41) is 3.49. The van der Waals surface area contributed by atoms with Crippen molar-refractivity contribution in [1.82, 2.24) is 9.80 Å². The van der Waals surface area contributed by atoms with E-state index in [9.17, 15) is 9.18 Å². The number of para-hydroxylation sites is 1. The second-order valence-corrected chi connectivity index (χ2v) is 9.42. The highest BCUT2D eigenvalue weighted by Gasteiger charge is 2.41. The van der Waals surface area contributed by atoms with Crippen LogP contribution in [0.2, 0.25) is 0 Å². The molecule has 174 valence electrons. The Balaban J connectivity index is 1.16. The first-order valence-corrected chi connectivity index (χ1v) is 12.0. The average molecular weight is 458 g/mol. The number of anilines is 2. The quantitative estimate of drug-likeness (QED) is 0.604. The Morgan fingerprint density at radius 3 is 2.47 bits per heavy atom. The van der Waals surface area contributed by atoms with Crippen LogP contribution >= 0.6 is 0 Å². The molecule has 3 unspecified atom stereocenters. The fourth-order valence-electron chi connectivity index (χ4n) is 5.61. The fraction of sp³-hybridized carbons (Fsp3) is 0.321. The third kappa shape index (κ3) is 3.97. The van der Waals surface area contributed by atoms with Crippen LogP contribution in [0.3, 0.4) is 0 Å². The molecule has 2 saturated heterocycles. The number of benzene rings is 3. The van der Waals surface area contributed by atoms with Crippen molar-refractivity contribution in [2.45, 2.75) is 24.5 Å². The standard InChI is InChI=1S/C28H28FN3O2/c29-20-10-11-26-24(16-20)27-23(22-8-4-5-9-25(22)30-26)17-21(34-27)18-31-12-14-32(15-13-31)28(33)19-6-2-1-3-7-19/h1-11,16,21,23,27,30H,12-15,17-18H2. The molecule has 0 bridgehead atoms. The van der Waals surface area contributed by atoms with Crippen LogP contribution in [0.15, 0.2) is 72.8 Å². The first-order chi connectivity index (χ1) is 16.7. The Bertz CT molecular complexity index is 1190. The molecule has 6 heteroatoms. The summed E-state index contributed by atoms with van der Waals surface area (Å²) in [6, 6.07) is 22.7. The van der Waals surface area contributed by atoms with Gasteiger partial charge in [0.05, 0.1) is 12.2 Å². The number of hydrogen-bond donors (Lipinski definition) is 1. The van der Waals surface area contributed by atoms with Crippen molar-refractivity contribution in [1.29, 1.82) is 0 Å². The number of nitrogens with zero attached hydrogens (tertiary/aromatic N) is 2. The molecular weight excluding hydrogens is 429 g/mol. The summed E-state index contributed by atoms with van der Waals surface area (Å²) >= 11 is 0. The number of fused-ring (bicyclic) bond motifs is 5. The van der Waals surface area contributed by atoms with Crippen molar-refractivity contribution in [3.63, 3.8) is 0 Å². The van der Waals surface area contributed by atoms with Gasteiger partial charge in [0.15, 0.2) is 0 Å². The second kappa shape index (κ2) is 8.85. The summed E-state index contributed by atoms with van der Waals surface area (Å²) in [6.45, 7) is 3.91. The van der Waals surface area contributed by atoms with Crippen LogP contribution in [0.4, 0.5) is 15.8 Å². The highest BCUT2D eigenvalue weighted by molar-refractivity contribution is 5.94. The Labute approximate surface area is 199 Å². The molecule has 0 aromatic heterocycles. The van der Waals surface area contributed by atoms with Crippen LogP contribution in [-0.2, 0) is 4.74 Å². The topological polar surface area (TPSA) is 44.8 Å². The lowest BCUT2D eigenvalue weighted by atomic mass is 9.87. The highest BCUT2D eigenvalue weighted by Crippen LogP contribution is 2.51. The van der Waals surface area contributed by atoms with Crippen LogP contribution in [0.5, 0.6) is 0 Å². The van der Waals surface area contributed by atoms with Crippen molar-refractivity contribution < 1.29 is 13.9 Å². The Kier molecular flexibility index (Phi) is 5.55. The lowest BCUT2D eigenvalue weighted by molar-refractivity contribution is 0.00994. The molecule has 3 atom stereocenters. The predicted molar refractivity (Wildman–Crippen MR) is 130 cm³/mol. The number of halogens is 1. The normalized spacial score (nSPS) is 23.9. The van der Waals surface area contributed by atoms with Crippen molar-refractivity contribution in [3.05, 3.63) is 95.3 Å². The van der Waals surface area contributed by atoms with Gasteiger partial charge in [0.2, 0.25) is 0 Å². The summed E-state index contributed by atoms with van der Waals surface area (Å²) in [5.74, 6) is 0.0385. The molecule has 3 aliphatic heterocycles. The minimum atomic E-state index is -0.239. The summed E-state index contributed by atoms with van der Waals surface area (Å²) in [5.41, 5.74) is 4.84. The van der Waals surface area contributed by atoms with Gasteiger partial charge >= 0.3 is 0 Å². The van der Waals surface area contributed by atoms with Gasteiger partial charge in [0.25, 0.3) is 5.91 Å². The Morgan fingerprint density at radius 1 is 0.912 bits per heavy atom. The van der Waals surface area contributed by atoms with E-state index >= 15 is 0 Å². The summed E-state index contributed by atoms with van der Waals surface area (Å²) in [6.07, 6.45) is 0.782. The lowest BCUT2D eigenvalue weighted by Crippen LogP contribution is -2.50. The van der Waals surface area contributed by atoms with E-state index in [1.807, 2.05) is 47.4 Å². The minimum Gasteiger partial charge on any atom is -0.368 e. The molecule has 3 aromatic rings. The van der Waals surface area contributed by atoms with Gasteiger partial charge in [-0.05, 0) is 48.4 Å². The minimum absolute atomic E-state index is 0.0636. The third-order valence-electron chi connectivity index (χ3n) is 7.31. The van der Waals surface area contributed by atoms with E-state index in [0.717, 1.165) is 48.6 Å². The summed E-state index contributed by atoms with van der Waals surface area (Å²) in [7, 11) is 0. The van der Waals surface area contributed by atoms with Crippen molar-refractivity contribution in [2.75, 3.05) is 38.0 Å². The number of nitrogens with one attached hydrogen (secondary N) is 1. The molecule has 3 aromatic carbocycles. The highest BCUT2D eigenvalue weighted by atomic mass is 19.1. The van der Waals surface area contributed by atoms with Crippen LogP contribution in [-0.4, -0.2) is 54.5 Å². The van der Waals surface area contributed by atoms with Gasteiger partial charge < -0.3 is 15.0 Å². The fourth-order valence-corrected chi connectivity index (χ4v) is 5.61. The third-order valence-corrected chi connectivity index (χ3v) is 7.31. The van der Waals surface area contributed by atoms with Crippen LogP contribution in [0.1, 0.15) is 39.9 Å². The van der Waals surface area contributed by atoms with Crippen molar-refractivity contribution >= 4 is 17.3 Å². The Hall–Kier alpha value is -3.22. The van der Waals surface area contributed by atoms with Gasteiger partial charge in [-0.15, -0.1) is 0 Å². The molecule has 0 radical (unpaired) electrons. The second-order valence-electron chi connectivity index (χ2n) is 9.42. The SMILES string of the molecule is O=C(c1ccccc1)N1CCN(CC2CC3c4ccccc4Nc4ccc(F)cc4C3O2)CC1. The molecule has 2 fully saturated rings. The molecule has 34 heavy (non-hydrogen) atoms. The largest absolute Gasteiger partial charge is 0.368 e. The first-order valence-electron chi connectivity index (χ1n) is 12.0. The average Bonchev–Trinajstić information content (AvgIpc) is 3.24.